The Bertz CT molecular complexity index is 789. The number of furan rings is 1. The van der Waals surface area contributed by atoms with Crippen LogP contribution in [0.25, 0.3) is 0 Å². The van der Waals surface area contributed by atoms with Crippen molar-refractivity contribution in [3.63, 3.8) is 0 Å². The molecular formula is C19H26N4O2. The van der Waals surface area contributed by atoms with Gasteiger partial charge < -0.3 is 4.42 Å². The van der Waals surface area contributed by atoms with Crippen LogP contribution >= 0.6 is 0 Å². The van der Waals surface area contributed by atoms with E-state index in [0.717, 1.165) is 68.7 Å². The van der Waals surface area contributed by atoms with Gasteiger partial charge in [0.05, 0.1) is 18.8 Å². The Balaban J connectivity index is 1.53. The van der Waals surface area contributed by atoms with Gasteiger partial charge in [-0.25, -0.2) is 4.98 Å². The molecule has 134 valence electrons. The first kappa shape index (κ1) is 16.5. The monoisotopic (exact) mass is 342 g/mol. The normalized spacial score (nSPS) is 19.1. The summed E-state index contributed by atoms with van der Waals surface area (Å²) in [5.74, 6) is 2.80. The molecule has 0 N–H and O–H groups in total. The molecule has 0 saturated carbocycles. The molecule has 0 amide bonds. The number of nitrogens with zero attached hydrogens (tertiary/aromatic N) is 4. The number of aryl methyl sites for hydroxylation is 1. The fraction of sp³-hybridized carbons (Fsp3) is 0.579. The molecule has 2 aromatic rings. The van der Waals surface area contributed by atoms with Crippen LogP contribution in [-0.2, 0) is 26.2 Å². The summed E-state index contributed by atoms with van der Waals surface area (Å²) in [6.45, 7) is 8.15. The van der Waals surface area contributed by atoms with Gasteiger partial charge in [0.2, 0.25) is 0 Å². The minimum atomic E-state index is 0.0925. The van der Waals surface area contributed by atoms with Crippen molar-refractivity contribution >= 4 is 0 Å². The average molecular weight is 342 g/mol. The summed E-state index contributed by atoms with van der Waals surface area (Å²) in [6, 6.07) is 5.76. The minimum absolute atomic E-state index is 0.0925. The lowest BCUT2D eigenvalue weighted by Gasteiger charge is -2.19. The predicted molar refractivity (Wildman–Crippen MR) is 95.2 cm³/mol. The molecule has 4 rings (SSSR count). The van der Waals surface area contributed by atoms with E-state index in [-0.39, 0.29) is 5.56 Å². The summed E-state index contributed by atoms with van der Waals surface area (Å²) in [7, 11) is 0. The molecular weight excluding hydrogens is 316 g/mol. The fourth-order valence-electron chi connectivity index (χ4n) is 3.87. The van der Waals surface area contributed by atoms with Crippen LogP contribution in [-0.4, -0.2) is 39.0 Å². The Labute approximate surface area is 148 Å². The lowest BCUT2D eigenvalue weighted by atomic mass is 10.3. The number of likely N-dealkylation sites (tertiary alicyclic amines) is 1. The van der Waals surface area contributed by atoms with Gasteiger partial charge in [0.1, 0.15) is 17.3 Å². The van der Waals surface area contributed by atoms with Crippen LogP contribution in [0.3, 0.4) is 0 Å². The molecule has 0 spiro atoms. The van der Waals surface area contributed by atoms with Crippen LogP contribution in [0.15, 0.2) is 27.4 Å². The first-order valence-corrected chi connectivity index (χ1v) is 9.27. The standard InChI is InChI=1S/C19H26N4O2/c1-15-5-6-17(25-15)13-22-9-4-10-23-18(14-22)20-16(11-19(23)24)12-21-7-2-3-8-21/h5-6,11H,2-4,7-10,12-14H2,1H3. The van der Waals surface area contributed by atoms with E-state index < -0.39 is 0 Å². The molecule has 1 saturated heterocycles. The molecule has 25 heavy (non-hydrogen) atoms. The highest BCUT2D eigenvalue weighted by molar-refractivity contribution is 5.08. The third-order valence-electron chi connectivity index (χ3n) is 5.12. The zero-order chi connectivity index (χ0) is 17.2. The molecule has 0 atom stereocenters. The van der Waals surface area contributed by atoms with Crippen LogP contribution < -0.4 is 5.56 Å². The summed E-state index contributed by atoms with van der Waals surface area (Å²) in [6.07, 6.45) is 3.46. The molecule has 0 unspecified atom stereocenters. The number of aromatic nitrogens is 2. The topological polar surface area (TPSA) is 54.5 Å². The molecule has 1 fully saturated rings. The van der Waals surface area contributed by atoms with E-state index in [2.05, 4.69) is 9.80 Å². The van der Waals surface area contributed by atoms with Gasteiger partial charge in [-0.3, -0.25) is 19.2 Å². The molecule has 2 aliphatic heterocycles. The highest BCUT2D eigenvalue weighted by Crippen LogP contribution is 2.16. The molecule has 4 heterocycles. The Hall–Kier alpha value is -1.92. The highest BCUT2D eigenvalue weighted by atomic mass is 16.3. The van der Waals surface area contributed by atoms with Gasteiger partial charge in [-0.1, -0.05) is 0 Å². The summed E-state index contributed by atoms with van der Waals surface area (Å²) in [4.78, 5) is 22.1. The van der Waals surface area contributed by atoms with E-state index in [1.807, 2.05) is 23.6 Å². The lowest BCUT2D eigenvalue weighted by molar-refractivity contribution is 0.234. The molecule has 6 nitrogen and oxygen atoms in total. The third kappa shape index (κ3) is 3.85. The summed E-state index contributed by atoms with van der Waals surface area (Å²) in [5.41, 5.74) is 1.00. The molecule has 2 aromatic heterocycles. The minimum Gasteiger partial charge on any atom is -0.465 e. The fourth-order valence-corrected chi connectivity index (χ4v) is 3.87. The van der Waals surface area contributed by atoms with Crippen molar-refractivity contribution < 1.29 is 4.42 Å². The number of rotatable bonds is 4. The van der Waals surface area contributed by atoms with Gasteiger partial charge in [-0.15, -0.1) is 0 Å². The van der Waals surface area contributed by atoms with Crippen molar-refractivity contribution in [2.45, 2.75) is 52.4 Å². The third-order valence-corrected chi connectivity index (χ3v) is 5.12. The van der Waals surface area contributed by atoms with Crippen molar-refractivity contribution in [3.05, 3.63) is 51.6 Å². The zero-order valence-corrected chi connectivity index (χ0v) is 14.9. The van der Waals surface area contributed by atoms with E-state index in [1.54, 1.807) is 6.07 Å². The van der Waals surface area contributed by atoms with Crippen LogP contribution in [0.5, 0.6) is 0 Å². The summed E-state index contributed by atoms with van der Waals surface area (Å²) < 4.78 is 7.56. The Morgan fingerprint density at radius 2 is 1.84 bits per heavy atom. The van der Waals surface area contributed by atoms with Crippen molar-refractivity contribution in [1.82, 2.24) is 19.4 Å². The first-order valence-electron chi connectivity index (χ1n) is 9.27. The first-order chi connectivity index (χ1) is 12.2. The maximum absolute atomic E-state index is 12.5. The predicted octanol–water partition coefficient (Wildman–Crippen LogP) is 2.15. The van der Waals surface area contributed by atoms with Crippen molar-refractivity contribution in [1.29, 1.82) is 0 Å². The van der Waals surface area contributed by atoms with E-state index in [0.29, 0.717) is 6.54 Å². The van der Waals surface area contributed by atoms with Gasteiger partial charge >= 0.3 is 0 Å². The molecule has 0 bridgehead atoms. The molecule has 0 aliphatic carbocycles. The SMILES string of the molecule is Cc1ccc(CN2CCCn3c(nc(CN4CCCC4)cc3=O)C2)o1. The second-order valence-electron chi connectivity index (χ2n) is 7.21. The molecule has 0 radical (unpaired) electrons. The largest absolute Gasteiger partial charge is 0.465 e. The Morgan fingerprint density at radius 3 is 2.60 bits per heavy atom. The number of hydrogen-bond acceptors (Lipinski definition) is 5. The number of fused-ring (bicyclic) bond motifs is 1. The highest BCUT2D eigenvalue weighted by Gasteiger charge is 2.20. The second-order valence-corrected chi connectivity index (χ2v) is 7.21. The van der Waals surface area contributed by atoms with Crippen LogP contribution in [0.4, 0.5) is 0 Å². The molecule has 6 heteroatoms. The molecule has 2 aliphatic rings. The molecule has 0 aromatic carbocycles. The van der Waals surface area contributed by atoms with Gasteiger partial charge in [-0.05, 0) is 51.4 Å². The smallest absolute Gasteiger partial charge is 0.253 e. The zero-order valence-electron chi connectivity index (χ0n) is 14.9. The van der Waals surface area contributed by atoms with Crippen molar-refractivity contribution in [2.75, 3.05) is 19.6 Å². The summed E-state index contributed by atoms with van der Waals surface area (Å²) in [5, 5.41) is 0. The van der Waals surface area contributed by atoms with E-state index >= 15 is 0 Å². The maximum atomic E-state index is 12.5. The van der Waals surface area contributed by atoms with Crippen LogP contribution in [0.2, 0.25) is 0 Å². The van der Waals surface area contributed by atoms with Gasteiger partial charge in [0.25, 0.3) is 5.56 Å². The van der Waals surface area contributed by atoms with E-state index in [1.165, 1.54) is 12.8 Å². The second kappa shape index (κ2) is 7.14. The van der Waals surface area contributed by atoms with Crippen molar-refractivity contribution in [3.8, 4) is 0 Å². The maximum Gasteiger partial charge on any atom is 0.253 e. The lowest BCUT2D eigenvalue weighted by Crippen LogP contribution is -2.29. The van der Waals surface area contributed by atoms with Gasteiger partial charge in [0, 0.05) is 25.7 Å². The van der Waals surface area contributed by atoms with Crippen LogP contribution in [0, 0.1) is 6.92 Å². The van der Waals surface area contributed by atoms with E-state index in [4.69, 9.17) is 9.40 Å². The van der Waals surface area contributed by atoms with Crippen LogP contribution in [0.1, 0.15) is 42.3 Å². The Morgan fingerprint density at radius 1 is 1.04 bits per heavy atom. The average Bonchev–Trinajstić information content (AvgIpc) is 3.16. The summed E-state index contributed by atoms with van der Waals surface area (Å²) >= 11 is 0. The van der Waals surface area contributed by atoms with Gasteiger partial charge in [-0.2, -0.15) is 0 Å². The number of hydrogen-bond donors (Lipinski definition) is 0. The van der Waals surface area contributed by atoms with Crippen molar-refractivity contribution in [2.24, 2.45) is 0 Å². The Kier molecular flexibility index (Phi) is 4.72. The van der Waals surface area contributed by atoms with E-state index in [9.17, 15) is 4.79 Å². The quantitative estimate of drug-likeness (QED) is 0.852. The van der Waals surface area contributed by atoms with Gasteiger partial charge in [0.15, 0.2) is 0 Å².